The Morgan fingerprint density at radius 1 is 1.08 bits per heavy atom. The molecule has 7 heteroatoms. The number of benzene rings is 2. The van der Waals surface area contributed by atoms with Crippen molar-refractivity contribution in [1.29, 1.82) is 0 Å². The normalized spacial score (nSPS) is 11.4. The molecule has 2 N–H and O–H groups in total. The minimum atomic E-state index is -3.79. The number of aryl methyl sites for hydroxylation is 1. The summed E-state index contributed by atoms with van der Waals surface area (Å²) in [5.74, 6) is 0.270. The number of nitrogens with one attached hydrogen (secondary N) is 2. The van der Waals surface area contributed by atoms with Crippen LogP contribution in [-0.4, -0.2) is 20.5 Å². The molecule has 0 amide bonds. The summed E-state index contributed by atoms with van der Waals surface area (Å²) >= 11 is 0. The van der Waals surface area contributed by atoms with Crippen molar-refractivity contribution in [3.8, 4) is 5.75 Å². The average Bonchev–Trinajstić information content (AvgIpc) is 2.55. The maximum Gasteiger partial charge on any atom is 0.265 e. The largest absolute Gasteiger partial charge is 0.495 e. The van der Waals surface area contributed by atoms with Crippen molar-refractivity contribution < 1.29 is 13.2 Å². The van der Waals surface area contributed by atoms with Gasteiger partial charge in [0.25, 0.3) is 10.0 Å². The second-order valence-corrected chi connectivity index (χ2v) is 6.98. The average molecular weight is 344 g/mol. The van der Waals surface area contributed by atoms with Crippen molar-refractivity contribution in [1.82, 2.24) is 4.98 Å². The minimum absolute atomic E-state index is 0.0609. The third kappa shape index (κ3) is 2.98. The van der Waals surface area contributed by atoms with Gasteiger partial charge in [-0.05, 0) is 42.8 Å². The highest BCUT2D eigenvalue weighted by Gasteiger charge is 2.19. The Balaban J connectivity index is 2.04. The SMILES string of the molecule is COc1ccccc1S(=O)(=O)Nc1ccc2[nH]c(=O)cc(C)c2c1. The zero-order valence-corrected chi connectivity index (χ0v) is 14.0. The van der Waals surface area contributed by atoms with Gasteiger partial charge in [0.05, 0.1) is 7.11 Å². The second kappa shape index (κ2) is 6.01. The molecule has 24 heavy (non-hydrogen) atoms. The molecule has 0 bridgehead atoms. The van der Waals surface area contributed by atoms with Crippen LogP contribution in [0.15, 0.2) is 58.2 Å². The first kappa shape index (κ1) is 16.1. The van der Waals surface area contributed by atoms with Crippen LogP contribution in [-0.2, 0) is 10.0 Å². The number of anilines is 1. The third-order valence-corrected chi connectivity index (χ3v) is 5.08. The molecule has 0 aliphatic heterocycles. The highest BCUT2D eigenvalue weighted by atomic mass is 32.2. The van der Waals surface area contributed by atoms with Crippen molar-refractivity contribution >= 4 is 26.6 Å². The van der Waals surface area contributed by atoms with Crippen molar-refractivity contribution in [3.63, 3.8) is 0 Å². The standard InChI is InChI=1S/C17H16N2O4S/c1-11-9-17(20)18-14-8-7-12(10-13(11)14)19-24(21,22)16-6-4-3-5-15(16)23-2/h3-10,19H,1-2H3,(H,18,20). The molecule has 0 saturated heterocycles. The van der Waals surface area contributed by atoms with Crippen LogP contribution in [0, 0.1) is 6.92 Å². The van der Waals surface area contributed by atoms with E-state index in [2.05, 4.69) is 9.71 Å². The fourth-order valence-electron chi connectivity index (χ4n) is 2.54. The topological polar surface area (TPSA) is 88.3 Å². The summed E-state index contributed by atoms with van der Waals surface area (Å²) in [5.41, 5.74) is 1.64. The molecular weight excluding hydrogens is 328 g/mol. The Kier molecular flexibility index (Phi) is 4.02. The summed E-state index contributed by atoms with van der Waals surface area (Å²) in [4.78, 5) is 14.3. The van der Waals surface area contributed by atoms with Crippen molar-refractivity contribution in [2.24, 2.45) is 0 Å². The molecular formula is C17H16N2O4S. The van der Waals surface area contributed by atoms with Crippen LogP contribution in [0.3, 0.4) is 0 Å². The molecule has 0 radical (unpaired) electrons. The molecule has 0 fully saturated rings. The van der Waals surface area contributed by atoms with Gasteiger partial charge in [0.2, 0.25) is 5.56 Å². The lowest BCUT2D eigenvalue weighted by atomic mass is 10.1. The van der Waals surface area contributed by atoms with E-state index in [1.807, 2.05) is 0 Å². The molecule has 0 saturated carbocycles. The molecule has 6 nitrogen and oxygen atoms in total. The summed E-state index contributed by atoms with van der Waals surface area (Å²) in [5, 5.41) is 0.773. The number of hydrogen-bond donors (Lipinski definition) is 2. The van der Waals surface area contributed by atoms with E-state index in [0.717, 1.165) is 10.9 Å². The van der Waals surface area contributed by atoms with E-state index in [9.17, 15) is 13.2 Å². The van der Waals surface area contributed by atoms with Crippen LogP contribution in [0.4, 0.5) is 5.69 Å². The van der Waals surface area contributed by atoms with Crippen molar-refractivity contribution in [2.45, 2.75) is 11.8 Å². The third-order valence-electron chi connectivity index (χ3n) is 3.66. The van der Waals surface area contributed by atoms with Crippen LogP contribution in [0.1, 0.15) is 5.56 Å². The van der Waals surface area contributed by atoms with E-state index >= 15 is 0 Å². The molecule has 124 valence electrons. The lowest BCUT2D eigenvalue weighted by Gasteiger charge is -2.12. The van der Waals surface area contributed by atoms with Gasteiger partial charge < -0.3 is 9.72 Å². The van der Waals surface area contributed by atoms with Gasteiger partial charge in [-0.15, -0.1) is 0 Å². The number of pyridine rings is 1. The van der Waals surface area contributed by atoms with Crippen molar-refractivity contribution in [3.05, 3.63) is 64.4 Å². The predicted octanol–water partition coefficient (Wildman–Crippen LogP) is 2.65. The van der Waals surface area contributed by atoms with Gasteiger partial charge in [0, 0.05) is 22.7 Å². The number of fused-ring (bicyclic) bond motifs is 1. The first-order valence-electron chi connectivity index (χ1n) is 7.20. The smallest absolute Gasteiger partial charge is 0.265 e. The van der Waals surface area contributed by atoms with Gasteiger partial charge in [-0.2, -0.15) is 0 Å². The van der Waals surface area contributed by atoms with E-state index < -0.39 is 10.0 Å². The molecule has 1 aromatic heterocycles. The van der Waals surface area contributed by atoms with E-state index in [1.54, 1.807) is 43.3 Å². The van der Waals surface area contributed by atoms with Gasteiger partial charge in [-0.3, -0.25) is 9.52 Å². The van der Waals surface area contributed by atoms with Gasteiger partial charge in [-0.25, -0.2) is 8.42 Å². The van der Waals surface area contributed by atoms with E-state index in [-0.39, 0.29) is 16.2 Å². The number of hydrogen-bond acceptors (Lipinski definition) is 4. The Bertz CT molecular complexity index is 1070. The van der Waals surface area contributed by atoms with E-state index in [1.165, 1.54) is 19.2 Å². The summed E-state index contributed by atoms with van der Waals surface area (Å²) in [6.45, 7) is 1.80. The van der Waals surface area contributed by atoms with Gasteiger partial charge in [-0.1, -0.05) is 12.1 Å². The molecule has 0 spiro atoms. The molecule has 3 aromatic rings. The van der Waals surface area contributed by atoms with Crippen LogP contribution >= 0.6 is 0 Å². The monoisotopic (exact) mass is 344 g/mol. The van der Waals surface area contributed by atoms with Crippen LogP contribution < -0.4 is 15.0 Å². The zero-order valence-electron chi connectivity index (χ0n) is 13.2. The molecule has 0 atom stereocenters. The second-order valence-electron chi connectivity index (χ2n) is 5.33. The summed E-state index contributed by atoms with van der Waals surface area (Å²) in [6, 6.07) is 12.8. The van der Waals surface area contributed by atoms with E-state index in [0.29, 0.717) is 11.2 Å². The quantitative estimate of drug-likeness (QED) is 0.761. The van der Waals surface area contributed by atoms with Crippen molar-refractivity contribution in [2.75, 3.05) is 11.8 Å². The number of sulfonamides is 1. The predicted molar refractivity (Wildman–Crippen MR) is 93.1 cm³/mol. The number of aromatic nitrogens is 1. The maximum atomic E-state index is 12.6. The molecule has 0 aliphatic carbocycles. The number of methoxy groups -OCH3 is 1. The summed E-state index contributed by atoms with van der Waals surface area (Å²) in [6.07, 6.45) is 0. The number of ether oxygens (including phenoxy) is 1. The molecule has 2 aromatic carbocycles. The van der Waals surface area contributed by atoms with Gasteiger partial charge in [0.15, 0.2) is 0 Å². The number of rotatable bonds is 4. The summed E-state index contributed by atoms with van der Waals surface area (Å²) in [7, 11) is -2.37. The molecule has 3 rings (SSSR count). The summed E-state index contributed by atoms with van der Waals surface area (Å²) < 4.78 is 32.9. The zero-order chi connectivity index (χ0) is 17.3. The molecule has 0 unspecified atom stereocenters. The van der Waals surface area contributed by atoms with E-state index in [4.69, 9.17) is 4.74 Å². The lowest BCUT2D eigenvalue weighted by molar-refractivity contribution is 0.403. The van der Waals surface area contributed by atoms with Gasteiger partial charge in [0.1, 0.15) is 10.6 Å². The molecule has 1 heterocycles. The highest BCUT2D eigenvalue weighted by Crippen LogP contribution is 2.26. The Labute approximate surface area is 139 Å². The van der Waals surface area contributed by atoms with Crippen LogP contribution in [0.2, 0.25) is 0 Å². The molecule has 0 aliphatic rings. The fourth-order valence-corrected chi connectivity index (χ4v) is 3.76. The van der Waals surface area contributed by atoms with Crippen LogP contribution in [0.5, 0.6) is 5.75 Å². The Morgan fingerprint density at radius 3 is 2.58 bits per heavy atom. The minimum Gasteiger partial charge on any atom is -0.495 e. The fraction of sp³-hybridized carbons (Fsp3) is 0.118. The Morgan fingerprint density at radius 2 is 1.83 bits per heavy atom. The lowest BCUT2D eigenvalue weighted by Crippen LogP contribution is -2.14. The Hall–Kier alpha value is -2.80. The number of aromatic amines is 1. The highest BCUT2D eigenvalue weighted by molar-refractivity contribution is 7.92. The first-order chi connectivity index (χ1) is 11.4. The van der Waals surface area contributed by atoms with Gasteiger partial charge >= 0.3 is 0 Å². The van der Waals surface area contributed by atoms with Crippen LogP contribution in [0.25, 0.3) is 10.9 Å². The first-order valence-corrected chi connectivity index (χ1v) is 8.68. The maximum absolute atomic E-state index is 12.6. The number of para-hydroxylation sites is 1. The number of H-pyrrole nitrogens is 1.